The minimum Gasteiger partial charge on any atom is -0.340 e. The van der Waals surface area contributed by atoms with E-state index in [-0.39, 0.29) is 23.4 Å². The zero-order valence-electron chi connectivity index (χ0n) is 18.8. The van der Waals surface area contributed by atoms with E-state index in [2.05, 4.69) is 10.6 Å². The third-order valence-electron chi connectivity index (χ3n) is 6.42. The Bertz CT molecular complexity index is 1040. The maximum Gasteiger partial charge on any atom is 0.320 e. The van der Waals surface area contributed by atoms with Crippen molar-refractivity contribution in [2.45, 2.75) is 44.2 Å². The lowest BCUT2D eigenvalue weighted by molar-refractivity contribution is -0.139. The molecule has 1 unspecified atom stereocenters. The largest absolute Gasteiger partial charge is 0.340 e. The molecule has 1 atom stereocenters. The number of anilines is 1. The minimum absolute atomic E-state index is 0.104. The molecule has 0 aliphatic carbocycles. The molecule has 2 fully saturated rings. The lowest BCUT2D eigenvalue weighted by atomic mass is 9.98. The molecule has 7 nitrogen and oxygen atoms in total. The monoisotopic (exact) mass is 486 g/mol. The Morgan fingerprint density at radius 2 is 1.71 bits per heavy atom. The van der Waals surface area contributed by atoms with Crippen LogP contribution in [-0.2, 0) is 9.59 Å². The number of hydrogen-bond acceptors (Lipinski definition) is 3. The van der Waals surface area contributed by atoms with Gasteiger partial charge in [-0.05, 0) is 56.0 Å². The number of nitrogens with one attached hydrogen (secondary N) is 2. The van der Waals surface area contributed by atoms with Gasteiger partial charge in [0.1, 0.15) is 11.9 Å². The molecular formula is C25H28ClFN4O3. The van der Waals surface area contributed by atoms with Crippen LogP contribution in [0.5, 0.6) is 0 Å². The molecular weight excluding hydrogens is 459 g/mol. The molecule has 2 saturated heterocycles. The van der Waals surface area contributed by atoms with Gasteiger partial charge in [0.15, 0.2) is 0 Å². The standard InChI is InChI=1S/C25H28ClFN4O3/c26-17-8-10-18(11-9-17)28-25(34)29-23(20-5-1-2-6-21(20)27)24(33)30-15-12-19(13-16-30)31-14-4-3-7-22(31)32/h1-2,5-6,8-11,19,23H,3-4,7,12-16H2,(H2,28,29,34). The average Bonchev–Trinajstić information content (AvgIpc) is 2.85. The lowest BCUT2D eigenvalue weighted by Crippen LogP contribution is -2.52. The average molecular weight is 487 g/mol. The third kappa shape index (κ3) is 5.67. The molecule has 0 radical (unpaired) electrons. The quantitative estimate of drug-likeness (QED) is 0.659. The van der Waals surface area contributed by atoms with Crippen LogP contribution < -0.4 is 10.6 Å². The number of piperidine rings is 2. The summed E-state index contributed by atoms with van der Waals surface area (Å²) in [7, 11) is 0. The van der Waals surface area contributed by atoms with E-state index >= 15 is 0 Å². The number of halogens is 2. The predicted octanol–water partition coefficient (Wildman–Crippen LogP) is 4.35. The maximum atomic E-state index is 14.6. The topological polar surface area (TPSA) is 81.8 Å². The summed E-state index contributed by atoms with van der Waals surface area (Å²) >= 11 is 5.88. The van der Waals surface area contributed by atoms with Gasteiger partial charge < -0.3 is 20.4 Å². The normalized spacial score (nSPS) is 17.9. The van der Waals surface area contributed by atoms with Gasteiger partial charge in [-0.1, -0.05) is 29.8 Å². The highest BCUT2D eigenvalue weighted by Crippen LogP contribution is 2.25. The van der Waals surface area contributed by atoms with Gasteiger partial charge in [0.2, 0.25) is 11.8 Å². The number of carbonyl (C=O) groups excluding carboxylic acids is 3. The molecule has 0 aromatic heterocycles. The van der Waals surface area contributed by atoms with Gasteiger partial charge in [-0.25, -0.2) is 9.18 Å². The SMILES string of the molecule is O=C(Nc1ccc(Cl)cc1)NC(C(=O)N1CCC(N2CCCCC2=O)CC1)c1ccccc1F. The second-order valence-corrected chi connectivity index (χ2v) is 9.10. The van der Waals surface area contributed by atoms with Crippen molar-refractivity contribution in [2.75, 3.05) is 25.0 Å². The Kier molecular flexibility index (Phi) is 7.67. The molecule has 2 N–H and O–H groups in total. The van der Waals surface area contributed by atoms with E-state index in [1.54, 1.807) is 35.2 Å². The lowest BCUT2D eigenvalue weighted by Gasteiger charge is -2.41. The number of carbonyl (C=O) groups is 3. The van der Waals surface area contributed by atoms with E-state index < -0.39 is 17.9 Å². The number of urea groups is 1. The number of rotatable bonds is 5. The van der Waals surface area contributed by atoms with Gasteiger partial charge in [-0.15, -0.1) is 0 Å². The molecule has 2 aromatic rings. The van der Waals surface area contributed by atoms with Gasteiger partial charge in [0.05, 0.1) is 0 Å². The molecule has 0 spiro atoms. The first-order valence-corrected chi connectivity index (χ1v) is 12.0. The Balaban J connectivity index is 1.45. The summed E-state index contributed by atoms with van der Waals surface area (Å²) in [5, 5.41) is 5.82. The number of amides is 4. The van der Waals surface area contributed by atoms with Crippen molar-refractivity contribution < 1.29 is 18.8 Å². The Labute approximate surface area is 203 Å². The Morgan fingerprint density at radius 3 is 2.38 bits per heavy atom. The van der Waals surface area contributed by atoms with Crippen LogP contribution in [0.1, 0.15) is 43.7 Å². The van der Waals surface area contributed by atoms with E-state index in [0.29, 0.717) is 43.1 Å². The first-order valence-electron chi connectivity index (χ1n) is 11.6. The Morgan fingerprint density at radius 1 is 1.00 bits per heavy atom. The summed E-state index contributed by atoms with van der Waals surface area (Å²) in [5.41, 5.74) is 0.598. The zero-order chi connectivity index (χ0) is 24.1. The summed E-state index contributed by atoms with van der Waals surface area (Å²) in [6, 6.07) is 10.8. The summed E-state index contributed by atoms with van der Waals surface area (Å²) in [5.74, 6) is -0.762. The smallest absolute Gasteiger partial charge is 0.320 e. The molecule has 2 heterocycles. The molecule has 9 heteroatoms. The molecule has 34 heavy (non-hydrogen) atoms. The van der Waals surface area contributed by atoms with Crippen molar-refractivity contribution in [3.05, 3.63) is 64.9 Å². The first kappa shape index (κ1) is 24.0. The van der Waals surface area contributed by atoms with Crippen molar-refractivity contribution in [1.82, 2.24) is 15.1 Å². The zero-order valence-corrected chi connectivity index (χ0v) is 19.6. The molecule has 4 rings (SSSR count). The number of likely N-dealkylation sites (tertiary alicyclic amines) is 2. The number of nitrogens with zero attached hydrogens (tertiary/aromatic N) is 2. The van der Waals surface area contributed by atoms with Crippen molar-refractivity contribution in [2.24, 2.45) is 0 Å². The van der Waals surface area contributed by atoms with Gasteiger partial charge in [-0.3, -0.25) is 9.59 Å². The Hall–Kier alpha value is -3.13. The highest BCUT2D eigenvalue weighted by Gasteiger charge is 2.34. The van der Waals surface area contributed by atoms with E-state index in [1.165, 1.54) is 18.2 Å². The van der Waals surface area contributed by atoms with Crippen LogP contribution in [-0.4, -0.2) is 53.3 Å². The molecule has 4 amide bonds. The van der Waals surface area contributed by atoms with Crippen LogP contribution in [0.4, 0.5) is 14.9 Å². The second kappa shape index (κ2) is 10.9. The van der Waals surface area contributed by atoms with Crippen LogP contribution in [0.25, 0.3) is 0 Å². The van der Waals surface area contributed by atoms with Crippen molar-refractivity contribution in [1.29, 1.82) is 0 Å². The van der Waals surface area contributed by atoms with Crippen LogP contribution >= 0.6 is 11.6 Å². The molecule has 0 saturated carbocycles. The highest BCUT2D eigenvalue weighted by atomic mass is 35.5. The van der Waals surface area contributed by atoms with E-state index in [9.17, 15) is 18.8 Å². The van der Waals surface area contributed by atoms with E-state index in [4.69, 9.17) is 11.6 Å². The summed E-state index contributed by atoms with van der Waals surface area (Å²) < 4.78 is 14.6. The molecule has 0 bridgehead atoms. The van der Waals surface area contributed by atoms with Gasteiger partial charge in [0.25, 0.3) is 0 Å². The van der Waals surface area contributed by atoms with Crippen molar-refractivity contribution in [3.63, 3.8) is 0 Å². The fourth-order valence-corrected chi connectivity index (χ4v) is 4.73. The van der Waals surface area contributed by atoms with Gasteiger partial charge in [0, 0.05) is 48.4 Å². The third-order valence-corrected chi connectivity index (χ3v) is 6.67. The van der Waals surface area contributed by atoms with Crippen molar-refractivity contribution >= 4 is 35.1 Å². The molecule has 2 aliphatic rings. The van der Waals surface area contributed by atoms with Gasteiger partial charge in [-0.2, -0.15) is 0 Å². The molecule has 2 aliphatic heterocycles. The van der Waals surface area contributed by atoms with Crippen LogP contribution in [0.3, 0.4) is 0 Å². The fraction of sp³-hybridized carbons (Fsp3) is 0.400. The first-order chi connectivity index (χ1) is 16.4. The second-order valence-electron chi connectivity index (χ2n) is 8.66. The number of hydrogen-bond donors (Lipinski definition) is 2. The van der Waals surface area contributed by atoms with E-state index in [1.807, 2.05) is 4.90 Å². The predicted molar refractivity (Wildman–Crippen MR) is 128 cm³/mol. The van der Waals surface area contributed by atoms with Gasteiger partial charge >= 0.3 is 6.03 Å². The summed E-state index contributed by atoms with van der Waals surface area (Å²) in [4.78, 5) is 42.0. The van der Waals surface area contributed by atoms with Crippen molar-refractivity contribution in [3.8, 4) is 0 Å². The van der Waals surface area contributed by atoms with Crippen LogP contribution in [0.15, 0.2) is 48.5 Å². The molecule has 180 valence electrons. The molecule has 2 aromatic carbocycles. The summed E-state index contributed by atoms with van der Waals surface area (Å²) in [6.45, 7) is 1.65. The van der Waals surface area contributed by atoms with Crippen LogP contribution in [0, 0.1) is 5.82 Å². The minimum atomic E-state index is -1.18. The van der Waals surface area contributed by atoms with E-state index in [0.717, 1.165) is 19.4 Å². The highest BCUT2D eigenvalue weighted by molar-refractivity contribution is 6.30. The maximum absolute atomic E-state index is 14.6. The number of benzene rings is 2. The summed E-state index contributed by atoms with van der Waals surface area (Å²) in [6.07, 6.45) is 3.85. The van der Waals surface area contributed by atoms with Crippen LogP contribution in [0.2, 0.25) is 5.02 Å². The fourth-order valence-electron chi connectivity index (χ4n) is 4.61.